The minimum absolute atomic E-state index is 0. The van der Waals surface area contributed by atoms with Gasteiger partial charge in [0.15, 0.2) is 0 Å². The Balaban J connectivity index is 0.00000133. The van der Waals surface area contributed by atoms with Crippen LogP contribution in [0, 0.1) is 7.43 Å². The number of rotatable bonds is 2. The average molecular weight is 597 g/mol. The van der Waals surface area contributed by atoms with E-state index in [4.69, 9.17) is 0 Å². The smallest absolute Gasteiger partial charge is 0.683 e. The molecule has 1 amide bonds. The van der Waals surface area contributed by atoms with Crippen molar-refractivity contribution in [2.24, 2.45) is 0 Å². The van der Waals surface area contributed by atoms with Crippen LogP contribution in [0.1, 0.15) is 57.5 Å². The number of carbonyl (C=O) groups excluding carboxylic acids is 1. The molecule has 3 heterocycles. The van der Waals surface area contributed by atoms with Crippen molar-refractivity contribution < 1.29 is 25.9 Å². The molecule has 0 spiro atoms. The third kappa shape index (κ3) is 5.61. The van der Waals surface area contributed by atoms with Crippen LogP contribution in [0.3, 0.4) is 0 Å². The van der Waals surface area contributed by atoms with Crippen LogP contribution < -0.4 is 10.7 Å². The Morgan fingerprint density at radius 2 is 1.83 bits per heavy atom. The number of fused-ring (bicyclic) bond motifs is 2. The molecule has 0 fully saturated rings. The molecule has 1 aromatic carbocycles. The number of aromatic nitrogens is 1. The minimum Gasteiger partial charge on any atom is -0.683 e. The van der Waals surface area contributed by atoms with Crippen LogP contribution in [0.4, 0.5) is 11.4 Å². The van der Waals surface area contributed by atoms with Crippen LogP contribution in [0.25, 0.3) is 15.5 Å². The summed E-state index contributed by atoms with van der Waals surface area (Å²) in [4.78, 5) is 27.9. The molecule has 162 valence electrons. The normalized spacial score (nSPS) is 12.5. The quantitative estimate of drug-likeness (QED) is 0.325. The van der Waals surface area contributed by atoms with Gasteiger partial charge >= 0.3 is 21.1 Å². The molecule has 7 heteroatoms. The van der Waals surface area contributed by atoms with E-state index in [1.807, 2.05) is 57.3 Å². The second-order valence-electron chi connectivity index (χ2n) is 6.58. The fourth-order valence-corrected chi connectivity index (χ4v) is 3.80. The number of nitrogens with zero attached hydrogens (tertiary/aromatic N) is 1. The Morgan fingerprint density at radius 1 is 1.17 bits per heavy atom. The summed E-state index contributed by atoms with van der Waals surface area (Å²) in [6, 6.07) is 7.54. The van der Waals surface area contributed by atoms with E-state index >= 15 is 0 Å². The van der Waals surface area contributed by atoms with Gasteiger partial charge in [0.2, 0.25) is 5.43 Å². The summed E-state index contributed by atoms with van der Waals surface area (Å²) in [7, 11) is 0. The predicted molar refractivity (Wildman–Crippen MR) is 127 cm³/mol. The first-order valence-electron chi connectivity index (χ1n) is 9.68. The molecule has 1 aliphatic heterocycles. The number of nitrogens with one attached hydrogen (secondary N) is 2. The Kier molecular flexibility index (Phi) is 11.3. The summed E-state index contributed by atoms with van der Waals surface area (Å²) in [6.07, 6.45) is 1.47. The number of anilines is 1. The van der Waals surface area contributed by atoms with Gasteiger partial charge in [-0.2, -0.15) is 0 Å². The summed E-state index contributed by atoms with van der Waals surface area (Å²) in [5.41, 5.74) is 3.37. The Hall–Kier alpha value is -1.91. The summed E-state index contributed by atoms with van der Waals surface area (Å²) < 4.78 is 0.563. The van der Waals surface area contributed by atoms with E-state index in [9.17, 15) is 9.59 Å². The third-order valence-corrected chi connectivity index (χ3v) is 5.28. The minimum atomic E-state index is -0.413. The van der Waals surface area contributed by atoms with Gasteiger partial charge < -0.3 is 23.0 Å². The number of amides is 1. The van der Waals surface area contributed by atoms with Crippen LogP contribution in [-0.4, -0.2) is 17.4 Å². The molecule has 0 radical (unpaired) electrons. The number of benzene rings is 1. The van der Waals surface area contributed by atoms with Crippen molar-refractivity contribution in [1.82, 2.24) is 4.98 Å². The molecule has 2 aromatic heterocycles. The van der Waals surface area contributed by atoms with Crippen molar-refractivity contribution in [2.45, 2.75) is 47.0 Å². The average Bonchev–Trinajstić information content (AvgIpc) is 3.30. The van der Waals surface area contributed by atoms with E-state index in [0.29, 0.717) is 10.4 Å². The molecule has 2 N–H and O–H groups in total. The van der Waals surface area contributed by atoms with Crippen LogP contribution in [0.15, 0.2) is 40.6 Å². The third-order valence-electron chi connectivity index (χ3n) is 4.36. The molecule has 3 aromatic rings. The van der Waals surface area contributed by atoms with Crippen molar-refractivity contribution >= 4 is 38.8 Å². The standard InChI is InChI=1S/C18H16N3O2S.2C2H6.CH3.W/c1-18(2)9-20-14-7-10(3-4-12(14)18)21-17(23)11-8-19-13-5-6-24-16(13)15(11)22;2*1-2;;/h3-8H,9H2,1-2H3,(H2,19,21,22,23);2*1-2H3;1H3;/q-1;;;-1;+2. The SMILES string of the molecule is CC.CC.CC1(C)C[N-]c2cc(NC(=O)c3c[nH]c4ccsc4c3=O)ccc21.[CH3-].[W+2]. The molecule has 30 heavy (non-hydrogen) atoms. The number of aromatic amines is 1. The zero-order valence-electron chi connectivity index (χ0n) is 18.8. The van der Waals surface area contributed by atoms with Crippen LogP contribution in [-0.2, 0) is 26.5 Å². The van der Waals surface area contributed by atoms with E-state index in [-0.39, 0.29) is 44.9 Å². The van der Waals surface area contributed by atoms with Crippen LogP contribution in [0.5, 0.6) is 0 Å². The fourth-order valence-electron chi connectivity index (χ4n) is 2.98. The first-order chi connectivity index (χ1) is 13.5. The second-order valence-corrected chi connectivity index (χ2v) is 7.50. The van der Waals surface area contributed by atoms with Crippen molar-refractivity contribution in [3.63, 3.8) is 0 Å². The number of H-pyrrole nitrogens is 1. The van der Waals surface area contributed by atoms with Gasteiger partial charge in [0.25, 0.3) is 5.91 Å². The molecular formula is C23H31N3O2SW. The van der Waals surface area contributed by atoms with E-state index in [1.165, 1.54) is 23.1 Å². The number of thiophene rings is 1. The van der Waals surface area contributed by atoms with Crippen molar-refractivity contribution in [1.29, 1.82) is 0 Å². The zero-order valence-corrected chi connectivity index (χ0v) is 22.5. The Labute approximate surface area is 198 Å². The molecule has 0 saturated carbocycles. The van der Waals surface area contributed by atoms with E-state index in [0.717, 1.165) is 17.7 Å². The summed E-state index contributed by atoms with van der Waals surface area (Å²) in [5, 5.41) is 9.15. The van der Waals surface area contributed by atoms with Crippen LogP contribution in [0.2, 0.25) is 0 Å². The Morgan fingerprint density at radius 3 is 2.50 bits per heavy atom. The van der Waals surface area contributed by atoms with Crippen molar-refractivity contribution in [3.05, 3.63) is 69.9 Å². The van der Waals surface area contributed by atoms with E-state index in [1.54, 1.807) is 0 Å². The first-order valence-corrected chi connectivity index (χ1v) is 10.6. The van der Waals surface area contributed by atoms with Crippen LogP contribution >= 0.6 is 11.3 Å². The number of hydrogen-bond donors (Lipinski definition) is 2. The van der Waals surface area contributed by atoms with Gasteiger partial charge in [-0.15, -0.1) is 23.6 Å². The molecular weight excluding hydrogens is 566 g/mol. The van der Waals surface area contributed by atoms with E-state index < -0.39 is 5.91 Å². The first kappa shape index (κ1) is 28.1. The topological polar surface area (TPSA) is 76.1 Å². The van der Waals surface area contributed by atoms with E-state index in [2.05, 4.69) is 29.5 Å². The van der Waals surface area contributed by atoms with Gasteiger partial charge in [0, 0.05) is 11.9 Å². The van der Waals surface area contributed by atoms with Gasteiger partial charge in [0.05, 0.1) is 10.2 Å². The van der Waals surface area contributed by atoms with Gasteiger partial charge in [0.1, 0.15) is 5.56 Å². The number of hydrogen-bond acceptors (Lipinski definition) is 3. The monoisotopic (exact) mass is 597 g/mol. The van der Waals surface area contributed by atoms with Gasteiger partial charge in [-0.1, -0.05) is 59.2 Å². The molecule has 0 unspecified atom stereocenters. The molecule has 5 nitrogen and oxygen atoms in total. The largest absolute Gasteiger partial charge is 2.00 e. The maximum absolute atomic E-state index is 12.5. The number of pyridine rings is 1. The van der Waals surface area contributed by atoms with Crippen molar-refractivity contribution in [3.8, 4) is 0 Å². The fraction of sp³-hybridized carbons (Fsp3) is 0.348. The number of carbonyl (C=O) groups is 1. The van der Waals surface area contributed by atoms with Gasteiger partial charge in [-0.05, 0) is 22.9 Å². The van der Waals surface area contributed by atoms with Gasteiger partial charge in [-0.3, -0.25) is 9.59 Å². The maximum atomic E-state index is 12.5. The molecule has 0 bridgehead atoms. The second kappa shape index (κ2) is 12.1. The predicted octanol–water partition coefficient (Wildman–Crippen LogP) is 6.64. The molecule has 1 aliphatic rings. The van der Waals surface area contributed by atoms with Crippen molar-refractivity contribution in [2.75, 3.05) is 11.9 Å². The maximum Gasteiger partial charge on any atom is 2.00 e. The Bertz CT molecular complexity index is 1020. The zero-order chi connectivity index (χ0) is 20.9. The summed E-state index contributed by atoms with van der Waals surface area (Å²) in [5.74, 6) is -0.413. The molecule has 0 atom stereocenters. The summed E-state index contributed by atoms with van der Waals surface area (Å²) >= 11 is 1.33. The summed E-state index contributed by atoms with van der Waals surface area (Å²) in [6.45, 7) is 13.0. The molecule has 0 aliphatic carbocycles. The van der Waals surface area contributed by atoms with Gasteiger partial charge in [-0.25, -0.2) is 0 Å². The molecule has 0 saturated heterocycles. The molecule has 4 rings (SSSR count).